The molecule has 0 saturated carbocycles. The highest BCUT2D eigenvalue weighted by Gasteiger charge is 2.39. The summed E-state index contributed by atoms with van der Waals surface area (Å²) in [6.45, 7) is 1.13. The number of rotatable bonds is 4. The van der Waals surface area contributed by atoms with Crippen LogP contribution in [0.1, 0.15) is 23.7 Å². The molecule has 6 nitrogen and oxygen atoms in total. The number of anilines is 1. The summed E-state index contributed by atoms with van der Waals surface area (Å²) in [6.07, 6.45) is -0.393. The molecule has 114 valence electrons. The van der Waals surface area contributed by atoms with E-state index >= 15 is 0 Å². The highest BCUT2D eigenvalue weighted by Crippen LogP contribution is 2.30. The number of carbonyl (C=O) groups is 2. The van der Waals surface area contributed by atoms with Gasteiger partial charge in [0.25, 0.3) is 0 Å². The number of halogens is 1. The number of methoxy groups -OCH3 is 1. The molecule has 1 saturated heterocycles. The zero-order valence-electron chi connectivity index (χ0n) is 11.5. The SMILES string of the molecule is COc1cc(N2CC(S(=O)(=O)F)CC2=O)ccc1C(C)=O. The van der Waals surface area contributed by atoms with Crippen LogP contribution in [0.4, 0.5) is 9.57 Å². The molecule has 1 aliphatic rings. The number of carbonyl (C=O) groups excluding carboxylic acids is 2. The van der Waals surface area contributed by atoms with E-state index in [-0.39, 0.29) is 18.1 Å². The molecular weight excluding hydrogens is 301 g/mol. The average Bonchev–Trinajstić information content (AvgIpc) is 2.80. The molecule has 0 bridgehead atoms. The first-order valence-electron chi connectivity index (χ1n) is 6.17. The lowest BCUT2D eigenvalue weighted by molar-refractivity contribution is -0.117. The third-order valence-electron chi connectivity index (χ3n) is 3.36. The molecule has 0 radical (unpaired) electrons. The maximum absolute atomic E-state index is 13.0. The second-order valence-corrected chi connectivity index (χ2v) is 6.36. The van der Waals surface area contributed by atoms with Crippen molar-refractivity contribution in [1.29, 1.82) is 0 Å². The number of benzene rings is 1. The van der Waals surface area contributed by atoms with Crippen molar-refractivity contribution in [3.05, 3.63) is 23.8 Å². The fourth-order valence-electron chi connectivity index (χ4n) is 2.25. The number of nitrogens with zero attached hydrogens (tertiary/aromatic N) is 1. The molecule has 0 aromatic heterocycles. The lowest BCUT2D eigenvalue weighted by Crippen LogP contribution is -2.27. The molecule has 1 aromatic carbocycles. The van der Waals surface area contributed by atoms with Crippen LogP contribution < -0.4 is 9.64 Å². The lowest BCUT2D eigenvalue weighted by Gasteiger charge is -2.18. The molecule has 0 aliphatic carbocycles. The van der Waals surface area contributed by atoms with Crippen molar-refractivity contribution in [2.45, 2.75) is 18.6 Å². The Hall–Kier alpha value is -1.96. The van der Waals surface area contributed by atoms with Crippen molar-refractivity contribution in [1.82, 2.24) is 0 Å². The Morgan fingerprint density at radius 2 is 2.10 bits per heavy atom. The summed E-state index contributed by atoms with van der Waals surface area (Å²) in [5, 5.41) is -1.36. The summed E-state index contributed by atoms with van der Waals surface area (Å²) >= 11 is 0. The van der Waals surface area contributed by atoms with Gasteiger partial charge in [-0.2, -0.15) is 8.42 Å². The normalized spacial score (nSPS) is 18.9. The van der Waals surface area contributed by atoms with Crippen molar-refractivity contribution in [3.63, 3.8) is 0 Å². The van der Waals surface area contributed by atoms with E-state index in [1.165, 1.54) is 37.1 Å². The molecule has 1 heterocycles. The Balaban J connectivity index is 2.35. The zero-order chi connectivity index (χ0) is 15.8. The maximum Gasteiger partial charge on any atom is 0.307 e. The zero-order valence-corrected chi connectivity index (χ0v) is 12.3. The van der Waals surface area contributed by atoms with Crippen LogP contribution in [0.5, 0.6) is 5.75 Å². The molecule has 1 aromatic rings. The van der Waals surface area contributed by atoms with Crippen LogP contribution in [0.2, 0.25) is 0 Å². The van der Waals surface area contributed by atoms with Crippen LogP contribution in [0.3, 0.4) is 0 Å². The Bertz CT molecular complexity index is 701. The summed E-state index contributed by atoms with van der Waals surface area (Å²) in [7, 11) is -3.38. The Morgan fingerprint density at radius 1 is 1.43 bits per heavy atom. The smallest absolute Gasteiger partial charge is 0.307 e. The molecule has 0 spiro atoms. The van der Waals surface area contributed by atoms with Crippen LogP contribution in [-0.2, 0) is 15.0 Å². The van der Waals surface area contributed by atoms with Crippen molar-refractivity contribution < 1.29 is 26.6 Å². The summed E-state index contributed by atoms with van der Waals surface area (Å²) < 4.78 is 39.9. The number of amides is 1. The van der Waals surface area contributed by atoms with E-state index in [1.807, 2.05) is 0 Å². The predicted octanol–water partition coefficient (Wildman–Crippen LogP) is 1.30. The van der Waals surface area contributed by atoms with Crippen molar-refractivity contribution in [2.24, 2.45) is 0 Å². The third kappa shape index (κ3) is 3.05. The van der Waals surface area contributed by atoms with Crippen LogP contribution >= 0.6 is 0 Å². The number of hydrogen-bond donors (Lipinski definition) is 0. The van der Waals surface area contributed by atoms with Gasteiger partial charge in [-0.15, -0.1) is 3.89 Å². The standard InChI is InChI=1S/C13H14FNO5S/c1-8(16)11-4-3-9(5-12(11)20-2)15-7-10(6-13(15)17)21(14,18)19/h3-5,10H,6-7H2,1-2H3. The number of Topliss-reactive ketones (excluding diaryl/α,β-unsaturated/α-hetero) is 1. The number of ketones is 1. The van der Waals surface area contributed by atoms with Gasteiger partial charge in [-0.1, -0.05) is 0 Å². The molecule has 21 heavy (non-hydrogen) atoms. The minimum absolute atomic E-state index is 0.199. The van der Waals surface area contributed by atoms with Crippen molar-refractivity contribution in [2.75, 3.05) is 18.6 Å². The molecule has 1 amide bonds. The topological polar surface area (TPSA) is 80.8 Å². The van der Waals surface area contributed by atoms with Gasteiger partial charge < -0.3 is 9.64 Å². The Morgan fingerprint density at radius 3 is 2.57 bits per heavy atom. The monoisotopic (exact) mass is 315 g/mol. The van der Waals surface area contributed by atoms with E-state index in [0.29, 0.717) is 11.3 Å². The van der Waals surface area contributed by atoms with Crippen molar-refractivity contribution >= 4 is 27.6 Å². The van der Waals surface area contributed by atoms with Crippen molar-refractivity contribution in [3.8, 4) is 5.75 Å². The number of ether oxygens (including phenoxy) is 1. The van der Waals surface area contributed by atoms with Crippen LogP contribution in [0, 0.1) is 0 Å². The summed E-state index contributed by atoms with van der Waals surface area (Å²) in [6, 6.07) is 4.45. The van der Waals surface area contributed by atoms with Crippen LogP contribution in [-0.4, -0.2) is 39.0 Å². The summed E-state index contributed by atoms with van der Waals surface area (Å²) in [5.41, 5.74) is 0.718. The second-order valence-electron chi connectivity index (χ2n) is 4.75. The predicted molar refractivity (Wildman–Crippen MR) is 73.8 cm³/mol. The fourth-order valence-corrected chi connectivity index (χ4v) is 2.92. The first-order chi connectivity index (χ1) is 9.74. The van der Waals surface area contributed by atoms with Gasteiger partial charge in [0.05, 0.1) is 12.7 Å². The molecular formula is C13H14FNO5S. The first kappa shape index (κ1) is 15.4. The number of hydrogen-bond acceptors (Lipinski definition) is 5. The fraction of sp³-hybridized carbons (Fsp3) is 0.385. The van der Waals surface area contributed by atoms with Gasteiger partial charge >= 0.3 is 10.2 Å². The molecule has 1 atom stereocenters. The Kier molecular flexibility index (Phi) is 3.99. The third-order valence-corrected chi connectivity index (χ3v) is 4.48. The van der Waals surface area contributed by atoms with E-state index in [4.69, 9.17) is 4.74 Å². The van der Waals surface area contributed by atoms with Crippen LogP contribution in [0.25, 0.3) is 0 Å². The minimum Gasteiger partial charge on any atom is -0.496 e. The maximum atomic E-state index is 13.0. The van der Waals surface area contributed by atoms with Crippen LogP contribution in [0.15, 0.2) is 18.2 Å². The largest absolute Gasteiger partial charge is 0.496 e. The molecule has 8 heteroatoms. The Labute approximate surface area is 121 Å². The van der Waals surface area contributed by atoms with Gasteiger partial charge in [-0.3, -0.25) is 9.59 Å². The van der Waals surface area contributed by atoms with Gasteiger partial charge in [-0.25, -0.2) is 0 Å². The highest BCUT2D eigenvalue weighted by atomic mass is 32.3. The van der Waals surface area contributed by atoms with E-state index in [0.717, 1.165) is 0 Å². The van der Waals surface area contributed by atoms with Gasteiger partial charge in [0, 0.05) is 24.7 Å². The van der Waals surface area contributed by atoms with Gasteiger partial charge in [0.15, 0.2) is 5.78 Å². The minimum atomic E-state index is -4.76. The van der Waals surface area contributed by atoms with Gasteiger partial charge in [0.1, 0.15) is 11.0 Å². The first-order valence-corrected chi connectivity index (χ1v) is 7.61. The molecule has 0 N–H and O–H groups in total. The second kappa shape index (κ2) is 5.44. The van der Waals surface area contributed by atoms with Gasteiger partial charge in [-0.05, 0) is 19.1 Å². The summed E-state index contributed by atoms with van der Waals surface area (Å²) in [4.78, 5) is 24.4. The highest BCUT2D eigenvalue weighted by molar-refractivity contribution is 7.87. The molecule has 1 fully saturated rings. The van der Waals surface area contributed by atoms with E-state index in [9.17, 15) is 21.9 Å². The average molecular weight is 315 g/mol. The summed E-state index contributed by atoms with van der Waals surface area (Å²) in [5.74, 6) is -0.409. The van der Waals surface area contributed by atoms with E-state index < -0.39 is 27.8 Å². The van der Waals surface area contributed by atoms with E-state index in [2.05, 4.69) is 0 Å². The molecule has 1 unspecified atom stereocenters. The van der Waals surface area contributed by atoms with Gasteiger partial charge in [0.2, 0.25) is 5.91 Å². The molecule has 2 rings (SSSR count). The quantitative estimate of drug-likeness (QED) is 0.618. The van der Waals surface area contributed by atoms with E-state index in [1.54, 1.807) is 0 Å². The molecule has 1 aliphatic heterocycles. The lowest BCUT2D eigenvalue weighted by atomic mass is 10.1.